The van der Waals surface area contributed by atoms with Crippen LogP contribution in [-0.4, -0.2) is 50.0 Å². The number of rotatable bonds is 3. The number of benzene rings is 2. The molecule has 1 spiro atoms. The Morgan fingerprint density at radius 1 is 1.06 bits per heavy atom. The van der Waals surface area contributed by atoms with Crippen LogP contribution in [-0.2, 0) is 18.3 Å². The van der Waals surface area contributed by atoms with E-state index in [9.17, 15) is 10.2 Å². The number of phenols is 1. The van der Waals surface area contributed by atoms with Crippen molar-refractivity contribution in [2.75, 3.05) is 13.1 Å². The molecule has 172 valence electrons. The van der Waals surface area contributed by atoms with Gasteiger partial charge in [-0.1, -0.05) is 36.4 Å². The zero-order valence-corrected chi connectivity index (χ0v) is 18.9. The first-order valence-electron chi connectivity index (χ1n) is 12.5. The van der Waals surface area contributed by atoms with Gasteiger partial charge >= 0.3 is 0 Å². The predicted molar refractivity (Wildman–Crippen MR) is 126 cm³/mol. The Balaban J connectivity index is 1.34. The first kappa shape index (κ1) is 19.4. The van der Waals surface area contributed by atoms with Crippen LogP contribution in [0.2, 0.25) is 0 Å². The van der Waals surface area contributed by atoms with E-state index in [-0.39, 0.29) is 11.8 Å². The van der Waals surface area contributed by atoms with Crippen LogP contribution in [0.25, 0.3) is 11.3 Å². The number of hydrogen-bond acceptors (Lipinski definition) is 6. The molecule has 2 aliphatic heterocycles. The average molecular weight is 454 g/mol. The molecule has 34 heavy (non-hydrogen) atoms. The van der Waals surface area contributed by atoms with Crippen LogP contribution >= 0.6 is 0 Å². The molecule has 2 bridgehead atoms. The highest BCUT2D eigenvalue weighted by Crippen LogP contribution is 2.68. The lowest BCUT2D eigenvalue weighted by Crippen LogP contribution is -2.74. The second-order valence-electron chi connectivity index (χ2n) is 10.9. The molecule has 2 aromatic carbocycles. The monoisotopic (exact) mass is 453 g/mol. The van der Waals surface area contributed by atoms with Crippen LogP contribution in [0.1, 0.15) is 47.8 Å². The summed E-state index contributed by atoms with van der Waals surface area (Å²) in [4.78, 5) is 2.55. The summed E-state index contributed by atoms with van der Waals surface area (Å²) >= 11 is 0. The fourth-order valence-electron chi connectivity index (χ4n) is 7.50. The molecule has 6 heteroatoms. The van der Waals surface area contributed by atoms with Crippen molar-refractivity contribution in [3.63, 3.8) is 0 Å². The maximum absolute atomic E-state index is 12.8. The lowest BCUT2D eigenvalue weighted by atomic mass is 9.49. The highest BCUT2D eigenvalue weighted by Gasteiger charge is 2.72. The highest BCUT2D eigenvalue weighted by atomic mass is 16.5. The van der Waals surface area contributed by atoms with Gasteiger partial charge in [0.25, 0.3) is 0 Å². The Hall–Kier alpha value is -2.96. The standard InChI is InChI=1S/C28H27N3O3/c32-21-9-8-18-13-22-28(33)14-19-12-20(17-4-2-1-3-5-17)29-30-24(19)26-27(28,23(18)25(21)34-26)10-11-31(22)15-16-6-7-16/h1-5,8-9,12,16,22,26,32-33H,6-7,10-11,13-15H2/t22-,26+,27+,28-/m1/s1. The summed E-state index contributed by atoms with van der Waals surface area (Å²) in [6.45, 7) is 1.99. The number of aliphatic hydroxyl groups is 1. The van der Waals surface area contributed by atoms with E-state index in [1.54, 1.807) is 6.07 Å². The summed E-state index contributed by atoms with van der Waals surface area (Å²) in [7, 11) is 0. The van der Waals surface area contributed by atoms with Gasteiger partial charge in [-0.25, -0.2) is 0 Å². The fourth-order valence-corrected chi connectivity index (χ4v) is 7.50. The van der Waals surface area contributed by atoms with E-state index < -0.39 is 17.1 Å². The Morgan fingerprint density at radius 3 is 2.74 bits per heavy atom. The molecule has 1 saturated heterocycles. The first-order chi connectivity index (χ1) is 16.6. The van der Waals surface area contributed by atoms with Crippen molar-refractivity contribution in [1.29, 1.82) is 0 Å². The topological polar surface area (TPSA) is 78.7 Å². The third kappa shape index (κ3) is 2.28. The molecule has 4 atom stereocenters. The summed E-state index contributed by atoms with van der Waals surface area (Å²) in [5, 5.41) is 32.8. The first-order valence-corrected chi connectivity index (χ1v) is 12.5. The largest absolute Gasteiger partial charge is 0.504 e. The van der Waals surface area contributed by atoms with E-state index in [1.807, 2.05) is 36.4 Å². The minimum atomic E-state index is -0.985. The molecule has 1 saturated carbocycles. The lowest BCUT2D eigenvalue weighted by molar-refractivity contribution is -0.173. The van der Waals surface area contributed by atoms with Crippen LogP contribution in [0.3, 0.4) is 0 Å². The minimum absolute atomic E-state index is 0.0254. The van der Waals surface area contributed by atoms with Crippen molar-refractivity contribution in [1.82, 2.24) is 15.1 Å². The summed E-state index contributed by atoms with van der Waals surface area (Å²) in [5.74, 6) is 1.45. The third-order valence-electron chi connectivity index (χ3n) is 9.20. The molecule has 0 unspecified atom stereocenters. The number of ether oxygens (including phenoxy) is 1. The van der Waals surface area contributed by atoms with Gasteiger partial charge in [-0.05, 0) is 61.4 Å². The molecule has 8 rings (SSSR count). The van der Waals surface area contributed by atoms with Gasteiger partial charge in [-0.2, -0.15) is 10.2 Å². The van der Waals surface area contributed by atoms with Gasteiger partial charge in [-0.15, -0.1) is 0 Å². The number of nitrogens with zero attached hydrogens (tertiary/aromatic N) is 3. The molecular weight excluding hydrogens is 426 g/mol. The van der Waals surface area contributed by atoms with Gasteiger partial charge in [-0.3, -0.25) is 4.90 Å². The molecule has 2 N–H and O–H groups in total. The molecular formula is C28H27N3O3. The van der Waals surface area contributed by atoms with Crippen LogP contribution in [0.4, 0.5) is 0 Å². The van der Waals surface area contributed by atoms with Crippen molar-refractivity contribution >= 4 is 0 Å². The lowest BCUT2D eigenvalue weighted by Gasteiger charge is -2.62. The van der Waals surface area contributed by atoms with E-state index in [2.05, 4.69) is 16.1 Å². The number of hydrogen-bond donors (Lipinski definition) is 2. The van der Waals surface area contributed by atoms with Crippen LogP contribution in [0, 0.1) is 5.92 Å². The Bertz CT molecular complexity index is 1340. The van der Waals surface area contributed by atoms with E-state index in [0.29, 0.717) is 12.2 Å². The average Bonchev–Trinajstić information content (AvgIpc) is 3.59. The molecule has 3 aliphatic carbocycles. The number of fused-ring (bicyclic) bond motifs is 2. The van der Waals surface area contributed by atoms with Gasteiger partial charge < -0.3 is 14.9 Å². The molecule has 0 radical (unpaired) electrons. The molecule has 0 amide bonds. The molecule has 1 aromatic heterocycles. The van der Waals surface area contributed by atoms with Crippen molar-refractivity contribution in [3.05, 3.63) is 70.9 Å². The Morgan fingerprint density at radius 2 is 1.91 bits per heavy atom. The third-order valence-corrected chi connectivity index (χ3v) is 9.20. The number of aromatic nitrogens is 2. The maximum atomic E-state index is 12.8. The summed E-state index contributed by atoms with van der Waals surface area (Å²) in [6.07, 6.45) is 4.26. The SMILES string of the molecule is Oc1ccc2c3c1O[C@H]1c4nnc(-c5ccccc5)cc4C[C@@]4(O)[C@@H](C2)N(CC2CC2)CC[C@]314. The van der Waals surface area contributed by atoms with Gasteiger partial charge in [0.2, 0.25) is 0 Å². The zero-order chi connectivity index (χ0) is 22.7. The molecule has 3 heterocycles. The van der Waals surface area contributed by atoms with Crippen molar-refractivity contribution in [2.45, 2.75) is 55.3 Å². The Labute approximate surface area is 198 Å². The van der Waals surface area contributed by atoms with Crippen LogP contribution < -0.4 is 4.74 Å². The van der Waals surface area contributed by atoms with Gasteiger partial charge in [0.05, 0.1) is 16.7 Å². The van der Waals surface area contributed by atoms with E-state index >= 15 is 0 Å². The number of piperidine rings is 1. The smallest absolute Gasteiger partial charge is 0.166 e. The predicted octanol–water partition coefficient (Wildman–Crippen LogP) is 3.55. The minimum Gasteiger partial charge on any atom is -0.504 e. The summed E-state index contributed by atoms with van der Waals surface area (Å²) in [5.41, 5.74) is 4.27. The van der Waals surface area contributed by atoms with Gasteiger partial charge in [0, 0.05) is 30.1 Å². The van der Waals surface area contributed by atoms with E-state index in [0.717, 1.165) is 59.9 Å². The van der Waals surface area contributed by atoms with E-state index in [4.69, 9.17) is 9.84 Å². The van der Waals surface area contributed by atoms with Crippen molar-refractivity contribution < 1.29 is 14.9 Å². The van der Waals surface area contributed by atoms with Gasteiger partial charge in [0.1, 0.15) is 5.69 Å². The van der Waals surface area contributed by atoms with Crippen molar-refractivity contribution in [3.8, 4) is 22.8 Å². The second-order valence-corrected chi connectivity index (χ2v) is 10.9. The highest BCUT2D eigenvalue weighted by molar-refractivity contribution is 5.66. The summed E-state index contributed by atoms with van der Waals surface area (Å²) < 4.78 is 6.54. The van der Waals surface area contributed by atoms with Crippen molar-refractivity contribution in [2.24, 2.45) is 5.92 Å². The normalized spacial score (nSPS) is 32.6. The molecule has 5 aliphatic rings. The number of aromatic hydroxyl groups is 1. The van der Waals surface area contributed by atoms with Gasteiger partial charge in [0.15, 0.2) is 17.6 Å². The van der Waals surface area contributed by atoms with Crippen LogP contribution in [0.5, 0.6) is 11.5 Å². The quantitative estimate of drug-likeness (QED) is 0.632. The molecule has 6 nitrogen and oxygen atoms in total. The number of likely N-dealkylation sites (tertiary alicyclic amines) is 1. The number of phenolic OH excluding ortho intramolecular Hbond substituents is 1. The molecule has 2 fully saturated rings. The van der Waals surface area contributed by atoms with E-state index in [1.165, 1.54) is 18.4 Å². The Kier molecular flexibility index (Phi) is 3.63. The summed E-state index contributed by atoms with van der Waals surface area (Å²) in [6, 6.07) is 16.0. The molecule has 3 aromatic rings. The maximum Gasteiger partial charge on any atom is 0.166 e. The second kappa shape index (κ2) is 6.37. The fraction of sp³-hybridized carbons (Fsp3) is 0.429. The zero-order valence-electron chi connectivity index (χ0n) is 18.9. The van der Waals surface area contributed by atoms with Crippen LogP contribution in [0.15, 0.2) is 48.5 Å².